The van der Waals surface area contributed by atoms with Gasteiger partial charge in [0.2, 0.25) is 11.8 Å². The van der Waals surface area contributed by atoms with Crippen molar-refractivity contribution in [3.05, 3.63) is 0 Å². The summed E-state index contributed by atoms with van der Waals surface area (Å²) in [4.78, 5) is 25.6. The van der Waals surface area contributed by atoms with E-state index in [0.717, 1.165) is 51.9 Å². The lowest BCUT2D eigenvalue weighted by Gasteiger charge is -2.40. The van der Waals surface area contributed by atoms with E-state index in [1.807, 2.05) is 4.90 Å². The molecule has 2 aliphatic rings. The maximum absolute atomic E-state index is 12.6. The van der Waals surface area contributed by atoms with Gasteiger partial charge in [-0.05, 0) is 38.8 Å². The van der Waals surface area contributed by atoms with Crippen molar-refractivity contribution in [2.75, 3.05) is 26.2 Å². The summed E-state index contributed by atoms with van der Waals surface area (Å²) < 4.78 is 0. The van der Waals surface area contributed by atoms with Crippen LogP contribution in [0, 0.1) is 5.41 Å². The molecule has 2 N–H and O–H groups in total. The first-order valence-corrected chi connectivity index (χ1v) is 7.28. The molecule has 108 valence electrons. The standard InChI is InChI=1S/C14H25N3O2/c1-11(18)16-12-3-9-17(10-4-12)13(19)14(2)5-7-15-8-6-14/h12,15H,3-10H2,1-2H3,(H,16,18). The Morgan fingerprint density at radius 1 is 1.21 bits per heavy atom. The molecule has 2 aliphatic heterocycles. The van der Waals surface area contributed by atoms with Gasteiger partial charge in [0.25, 0.3) is 0 Å². The number of nitrogens with one attached hydrogen (secondary N) is 2. The van der Waals surface area contributed by atoms with Crippen LogP contribution < -0.4 is 10.6 Å². The Morgan fingerprint density at radius 3 is 2.32 bits per heavy atom. The molecule has 0 atom stereocenters. The molecular weight excluding hydrogens is 242 g/mol. The molecule has 0 radical (unpaired) electrons. The van der Waals surface area contributed by atoms with Gasteiger partial charge in [-0.25, -0.2) is 0 Å². The van der Waals surface area contributed by atoms with E-state index < -0.39 is 0 Å². The first-order valence-electron chi connectivity index (χ1n) is 7.28. The van der Waals surface area contributed by atoms with Gasteiger partial charge in [-0.2, -0.15) is 0 Å². The molecule has 2 fully saturated rings. The highest BCUT2D eigenvalue weighted by molar-refractivity contribution is 5.82. The minimum absolute atomic E-state index is 0.0232. The molecule has 19 heavy (non-hydrogen) atoms. The van der Waals surface area contributed by atoms with Crippen LogP contribution in [0.25, 0.3) is 0 Å². The predicted molar refractivity (Wildman–Crippen MR) is 73.6 cm³/mol. The van der Waals surface area contributed by atoms with E-state index in [9.17, 15) is 9.59 Å². The Bertz CT molecular complexity index is 343. The van der Waals surface area contributed by atoms with E-state index in [1.54, 1.807) is 6.92 Å². The Hall–Kier alpha value is -1.10. The normalized spacial score (nSPS) is 24.0. The topological polar surface area (TPSA) is 61.4 Å². The van der Waals surface area contributed by atoms with Gasteiger partial charge in [0, 0.05) is 31.5 Å². The number of carbonyl (C=O) groups excluding carboxylic acids is 2. The summed E-state index contributed by atoms with van der Waals surface area (Å²) in [6.07, 6.45) is 3.61. The molecule has 2 amide bonds. The zero-order valence-electron chi connectivity index (χ0n) is 12.0. The van der Waals surface area contributed by atoms with E-state index in [4.69, 9.17) is 0 Å². The lowest BCUT2D eigenvalue weighted by Crippen LogP contribution is -2.52. The number of carbonyl (C=O) groups is 2. The smallest absolute Gasteiger partial charge is 0.228 e. The number of piperidine rings is 2. The Balaban J connectivity index is 1.86. The van der Waals surface area contributed by atoms with Gasteiger partial charge in [0.15, 0.2) is 0 Å². The van der Waals surface area contributed by atoms with Gasteiger partial charge in [0.05, 0.1) is 0 Å². The van der Waals surface area contributed by atoms with Gasteiger partial charge in [-0.3, -0.25) is 9.59 Å². The van der Waals surface area contributed by atoms with Gasteiger partial charge in [-0.1, -0.05) is 6.92 Å². The third-order valence-electron chi connectivity index (χ3n) is 4.41. The summed E-state index contributed by atoms with van der Waals surface area (Å²) in [7, 11) is 0. The van der Waals surface area contributed by atoms with E-state index >= 15 is 0 Å². The van der Waals surface area contributed by atoms with E-state index in [-0.39, 0.29) is 17.4 Å². The van der Waals surface area contributed by atoms with Crippen LogP contribution in [0.15, 0.2) is 0 Å². The summed E-state index contributed by atoms with van der Waals surface area (Å²) in [6.45, 7) is 7.05. The van der Waals surface area contributed by atoms with E-state index in [2.05, 4.69) is 17.6 Å². The van der Waals surface area contributed by atoms with Crippen LogP contribution in [-0.4, -0.2) is 48.9 Å². The molecule has 2 saturated heterocycles. The molecule has 0 spiro atoms. The minimum Gasteiger partial charge on any atom is -0.353 e. The SMILES string of the molecule is CC(=O)NC1CCN(C(=O)C2(C)CCNCC2)CC1. The molecule has 0 aliphatic carbocycles. The van der Waals surface area contributed by atoms with Gasteiger partial charge in [-0.15, -0.1) is 0 Å². The fourth-order valence-corrected chi connectivity index (χ4v) is 3.09. The molecule has 2 heterocycles. The van der Waals surface area contributed by atoms with Crippen molar-refractivity contribution in [2.45, 2.75) is 45.6 Å². The number of hydrogen-bond donors (Lipinski definition) is 2. The van der Waals surface area contributed by atoms with Crippen LogP contribution in [0.4, 0.5) is 0 Å². The molecule has 0 aromatic heterocycles. The van der Waals surface area contributed by atoms with Gasteiger partial charge < -0.3 is 15.5 Å². The molecule has 0 saturated carbocycles. The molecular formula is C14H25N3O2. The molecule has 0 aromatic carbocycles. The Morgan fingerprint density at radius 2 is 1.79 bits per heavy atom. The molecule has 5 nitrogen and oxygen atoms in total. The van der Waals surface area contributed by atoms with Crippen LogP contribution in [0.3, 0.4) is 0 Å². The van der Waals surface area contributed by atoms with Crippen molar-refractivity contribution in [3.8, 4) is 0 Å². The second-order valence-corrected chi connectivity index (χ2v) is 6.08. The molecule has 0 aromatic rings. The summed E-state index contributed by atoms with van der Waals surface area (Å²) in [5.74, 6) is 0.324. The highest BCUT2D eigenvalue weighted by Crippen LogP contribution is 2.31. The second-order valence-electron chi connectivity index (χ2n) is 6.08. The van der Waals surface area contributed by atoms with Crippen molar-refractivity contribution in [1.82, 2.24) is 15.5 Å². The average Bonchev–Trinajstić information content (AvgIpc) is 2.39. The molecule has 5 heteroatoms. The first-order chi connectivity index (χ1) is 9.01. The van der Waals surface area contributed by atoms with Crippen molar-refractivity contribution < 1.29 is 9.59 Å². The molecule has 2 rings (SSSR count). The lowest BCUT2D eigenvalue weighted by molar-refractivity contribution is -0.144. The highest BCUT2D eigenvalue weighted by atomic mass is 16.2. The van der Waals surface area contributed by atoms with Crippen LogP contribution in [0.1, 0.15) is 39.5 Å². The summed E-state index contributed by atoms with van der Waals surface area (Å²) in [5.41, 5.74) is -0.188. The Kier molecular flexibility index (Phi) is 4.45. The van der Waals surface area contributed by atoms with Crippen molar-refractivity contribution in [1.29, 1.82) is 0 Å². The number of nitrogens with zero attached hydrogens (tertiary/aromatic N) is 1. The summed E-state index contributed by atoms with van der Waals surface area (Å²) in [5, 5.41) is 6.25. The van der Waals surface area contributed by atoms with Crippen LogP contribution in [0.5, 0.6) is 0 Å². The molecule has 0 bridgehead atoms. The zero-order chi connectivity index (χ0) is 13.9. The monoisotopic (exact) mass is 267 g/mol. The second kappa shape index (κ2) is 5.90. The van der Waals surface area contributed by atoms with Gasteiger partial charge in [0.1, 0.15) is 0 Å². The number of rotatable bonds is 2. The number of amides is 2. The third-order valence-corrected chi connectivity index (χ3v) is 4.41. The highest BCUT2D eigenvalue weighted by Gasteiger charge is 2.38. The summed E-state index contributed by atoms with van der Waals surface area (Å²) in [6, 6.07) is 0.238. The van der Waals surface area contributed by atoms with Crippen molar-refractivity contribution >= 4 is 11.8 Å². The van der Waals surface area contributed by atoms with Crippen molar-refractivity contribution in [3.63, 3.8) is 0 Å². The van der Waals surface area contributed by atoms with Crippen LogP contribution >= 0.6 is 0 Å². The van der Waals surface area contributed by atoms with Crippen LogP contribution in [0.2, 0.25) is 0 Å². The Labute approximate surface area is 115 Å². The fourth-order valence-electron chi connectivity index (χ4n) is 3.09. The molecule has 0 unspecified atom stereocenters. The summed E-state index contributed by atoms with van der Waals surface area (Å²) >= 11 is 0. The maximum Gasteiger partial charge on any atom is 0.228 e. The van der Waals surface area contributed by atoms with Gasteiger partial charge >= 0.3 is 0 Å². The fraction of sp³-hybridized carbons (Fsp3) is 0.857. The maximum atomic E-state index is 12.6. The largest absolute Gasteiger partial charge is 0.353 e. The quantitative estimate of drug-likeness (QED) is 0.766. The predicted octanol–water partition coefficient (Wildman–Crippen LogP) is 0.503. The number of hydrogen-bond acceptors (Lipinski definition) is 3. The number of likely N-dealkylation sites (tertiary alicyclic amines) is 1. The third kappa shape index (κ3) is 3.47. The van der Waals surface area contributed by atoms with E-state index in [1.165, 1.54) is 0 Å². The van der Waals surface area contributed by atoms with Crippen molar-refractivity contribution in [2.24, 2.45) is 5.41 Å². The first kappa shape index (κ1) is 14.3. The zero-order valence-corrected chi connectivity index (χ0v) is 12.0. The minimum atomic E-state index is -0.188. The van der Waals surface area contributed by atoms with Crippen LogP contribution in [-0.2, 0) is 9.59 Å². The van der Waals surface area contributed by atoms with E-state index in [0.29, 0.717) is 5.91 Å². The average molecular weight is 267 g/mol. The lowest BCUT2D eigenvalue weighted by atomic mass is 9.79.